The third kappa shape index (κ3) is 2.62. The van der Waals surface area contributed by atoms with E-state index in [2.05, 4.69) is 34.2 Å². The van der Waals surface area contributed by atoms with E-state index < -0.39 is 0 Å². The molecule has 0 saturated heterocycles. The Labute approximate surface area is 121 Å². The highest BCUT2D eigenvalue weighted by atomic mass is 16.1. The molecular formula is C14H16N6O. The zero-order valence-corrected chi connectivity index (χ0v) is 11.9. The molecule has 0 bridgehead atoms. The van der Waals surface area contributed by atoms with Gasteiger partial charge in [-0.15, -0.1) is 0 Å². The first-order valence-electron chi connectivity index (χ1n) is 6.75. The Kier molecular flexibility index (Phi) is 3.39. The average molecular weight is 284 g/mol. The van der Waals surface area contributed by atoms with E-state index in [1.807, 2.05) is 10.8 Å². The van der Waals surface area contributed by atoms with Gasteiger partial charge < -0.3 is 9.88 Å². The minimum absolute atomic E-state index is 0.237. The lowest BCUT2D eigenvalue weighted by Crippen LogP contribution is -2.25. The van der Waals surface area contributed by atoms with Crippen molar-refractivity contribution in [1.29, 1.82) is 0 Å². The van der Waals surface area contributed by atoms with Crippen molar-refractivity contribution in [3.63, 3.8) is 0 Å². The number of fused-ring (bicyclic) bond motifs is 1. The van der Waals surface area contributed by atoms with Crippen molar-refractivity contribution in [3.05, 3.63) is 48.4 Å². The minimum Gasteiger partial charge on any atom is -0.343 e. The number of hydrogen-bond acceptors (Lipinski definition) is 4. The fourth-order valence-corrected chi connectivity index (χ4v) is 2.14. The van der Waals surface area contributed by atoms with Crippen LogP contribution in [0.2, 0.25) is 0 Å². The molecule has 0 atom stereocenters. The Morgan fingerprint density at radius 3 is 2.90 bits per heavy atom. The number of aromatic nitrogens is 5. The highest BCUT2D eigenvalue weighted by molar-refractivity contribution is 5.93. The second-order valence-electron chi connectivity index (χ2n) is 4.98. The van der Waals surface area contributed by atoms with Crippen molar-refractivity contribution >= 4 is 11.6 Å². The molecule has 21 heavy (non-hydrogen) atoms. The first-order chi connectivity index (χ1) is 10.1. The molecule has 7 nitrogen and oxygen atoms in total. The average Bonchev–Trinajstić information content (AvgIpc) is 3.10. The van der Waals surface area contributed by atoms with E-state index >= 15 is 0 Å². The van der Waals surface area contributed by atoms with Crippen LogP contribution in [0.25, 0.3) is 5.65 Å². The third-order valence-electron chi connectivity index (χ3n) is 3.18. The van der Waals surface area contributed by atoms with Gasteiger partial charge in [-0.05, 0) is 19.9 Å². The molecule has 0 unspecified atom stereocenters. The molecule has 0 aromatic carbocycles. The summed E-state index contributed by atoms with van der Waals surface area (Å²) in [4.78, 5) is 20.5. The van der Waals surface area contributed by atoms with Gasteiger partial charge in [0.1, 0.15) is 5.82 Å². The van der Waals surface area contributed by atoms with Crippen LogP contribution < -0.4 is 5.32 Å². The van der Waals surface area contributed by atoms with Gasteiger partial charge in [-0.1, -0.05) is 0 Å². The third-order valence-corrected chi connectivity index (χ3v) is 3.18. The van der Waals surface area contributed by atoms with Gasteiger partial charge in [0.2, 0.25) is 0 Å². The van der Waals surface area contributed by atoms with Crippen LogP contribution in [-0.4, -0.2) is 30.1 Å². The largest absolute Gasteiger partial charge is 0.343 e. The summed E-state index contributed by atoms with van der Waals surface area (Å²) >= 11 is 0. The lowest BCUT2D eigenvalue weighted by molar-refractivity contribution is 0.0944. The number of carbonyl (C=O) groups is 1. The lowest BCUT2D eigenvalue weighted by Gasteiger charge is -2.11. The van der Waals surface area contributed by atoms with Crippen molar-refractivity contribution < 1.29 is 4.79 Å². The molecule has 3 aromatic heterocycles. The number of hydrogen-bond donors (Lipinski definition) is 1. The molecule has 0 aliphatic heterocycles. The summed E-state index contributed by atoms with van der Waals surface area (Å²) in [6.45, 7) is 4.51. The van der Waals surface area contributed by atoms with E-state index in [9.17, 15) is 4.79 Å². The van der Waals surface area contributed by atoms with Crippen molar-refractivity contribution in [2.75, 3.05) is 0 Å². The Morgan fingerprint density at radius 1 is 1.29 bits per heavy atom. The number of imidazole rings is 1. The molecule has 7 heteroatoms. The number of rotatable bonds is 4. The van der Waals surface area contributed by atoms with E-state index in [-0.39, 0.29) is 5.91 Å². The zero-order valence-electron chi connectivity index (χ0n) is 11.9. The van der Waals surface area contributed by atoms with Gasteiger partial charge >= 0.3 is 0 Å². The Bertz CT molecular complexity index is 739. The smallest absolute Gasteiger partial charge is 0.272 e. The number of carbonyl (C=O) groups excluding carboxylic acids is 1. The summed E-state index contributed by atoms with van der Waals surface area (Å²) in [6, 6.07) is 3.73. The molecule has 1 amide bonds. The normalized spacial score (nSPS) is 11.2. The molecule has 3 heterocycles. The predicted octanol–water partition coefficient (Wildman–Crippen LogP) is 1.44. The summed E-state index contributed by atoms with van der Waals surface area (Å²) < 4.78 is 3.59. The highest BCUT2D eigenvalue weighted by Gasteiger charge is 2.13. The maximum absolute atomic E-state index is 12.1. The monoisotopic (exact) mass is 284 g/mol. The molecule has 0 aliphatic rings. The van der Waals surface area contributed by atoms with Crippen molar-refractivity contribution in [3.8, 4) is 0 Å². The molecule has 0 radical (unpaired) electrons. The Hall–Kier alpha value is -2.70. The van der Waals surface area contributed by atoms with Gasteiger partial charge in [-0.25, -0.2) is 14.5 Å². The maximum Gasteiger partial charge on any atom is 0.272 e. The van der Waals surface area contributed by atoms with Crippen molar-refractivity contribution in [2.45, 2.75) is 26.4 Å². The molecule has 108 valence electrons. The van der Waals surface area contributed by atoms with E-state index in [1.54, 1.807) is 35.2 Å². The van der Waals surface area contributed by atoms with Crippen LogP contribution in [0.1, 0.15) is 36.2 Å². The van der Waals surface area contributed by atoms with Gasteiger partial charge in [-0.3, -0.25) is 4.79 Å². The van der Waals surface area contributed by atoms with Gasteiger partial charge in [0.15, 0.2) is 11.3 Å². The lowest BCUT2D eigenvalue weighted by atomic mass is 10.3. The minimum atomic E-state index is -0.237. The maximum atomic E-state index is 12.1. The summed E-state index contributed by atoms with van der Waals surface area (Å²) in [7, 11) is 0. The number of nitrogens with zero attached hydrogens (tertiary/aromatic N) is 5. The van der Waals surface area contributed by atoms with Gasteiger partial charge in [0.05, 0.1) is 6.54 Å². The SMILES string of the molecule is CC(C)n1ccnc1CNC(=O)c1cc2ncccn2n1. The Balaban J connectivity index is 1.73. The number of nitrogens with one attached hydrogen (secondary N) is 1. The van der Waals surface area contributed by atoms with Gasteiger partial charge in [-0.2, -0.15) is 5.10 Å². The molecule has 0 fully saturated rings. The summed E-state index contributed by atoms with van der Waals surface area (Å²) in [6.07, 6.45) is 7.06. The standard InChI is InChI=1S/C14H16N6O/c1-10(2)19-7-5-16-13(19)9-17-14(21)11-8-12-15-4-3-6-20(12)18-11/h3-8,10H,9H2,1-2H3,(H,17,21). The van der Waals surface area contributed by atoms with E-state index in [0.29, 0.717) is 23.9 Å². The summed E-state index contributed by atoms with van der Waals surface area (Å²) in [5.74, 6) is 0.582. The van der Waals surface area contributed by atoms with Crippen molar-refractivity contribution in [1.82, 2.24) is 29.5 Å². The first-order valence-corrected chi connectivity index (χ1v) is 6.75. The summed E-state index contributed by atoms with van der Waals surface area (Å²) in [5, 5.41) is 7.02. The van der Waals surface area contributed by atoms with Crippen LogP contribution >= 0.6 is 0 Å². The van der Waals surface area contributed by atoms with Crippen LogP contribution in [-0.2, 0) is 6.54 Å². The van der Waals surface area contributed by atoms with Crippen LogP contribution in [0.3, 0.4) is 0 Å². The van der Waals surface area contributed by atoms with Gasteiger partial charge in [0, 0.05) is 36.9 Å². The Morgan fingerprint density at radius 2 is 2.14 bits per heavy atom. The van der Waals surface area contributed by atoms with E-state index in [0.717, 1.165) is 5.82 Å². The van der Waals surface area contributed by atoms with Gasteiger partial charge in [0.25, 0.3) is 5.91 Å². The molecule has 3 rings (SSSR count). The second kappa shape index (κ2) is 5.35. The first kappa shape index (κ1) is 13.3. The van der Waals surface area contributed by atoms with Crippen LogP contribution in [0.15, 0.2) is 36.9 Å². The molecular weight excluding hydrogens is 268 g/mol. The van der Waals surface area contributed by atoms with Crippen molar-refractivity contribution in [2.24, 2.45) is 0 Å². The molecule has 0 saturated carbocycles. The fourth-order valence-electron chi connectivity index (χ4n) is 2.14. The molecule has 0 aliphatic carbocycles. The van der Waals surface area contributed by atoms with Crippen LogP contribution in [0, 0.1) is 0 Å². The summed E-state index contributed by atoms with van der Waals surface area (Å²) in [5.41, 5.74) is 0.989. The molecule has 3 aromatic rings. The predicted molar refractivity (Wildman–Crippen MR) is 76.8 cm³/mol. The molecule has 1 N–H and O–H groups in total. The highest BCUT2D eigenvalue weighted by Crippen LogP contribution is 2.08. The topological polar surface area (TPSA) is 77.1 Å². The second-order valence-corrected chi connectivity index (χ2v) is 4.98. The van der Waals surface area contributed by atoms with Crippen LogP contribution in [0.5, 0.6) is 0 Å². The quantitative estimate of drug-likeness (QED) is 0.786. The van der Waals surface area contributed by atoms with E-state index in [4.69, 9.17) is 0 Å². The fraction of sp³-hybridized carbons (Fsp3) is 0.286. The number of amides is 1. The van der Waals surface area contributed by atoms with E-state index in [1.165, 1.54) is 0 Å². The molecule has 0 spiro atoms. The zero-order chi connectivity index (χ0) is 14.8. The van der Waals surface area contributed by atoms with Crippen LogP contribution in [0.4, 0.5) is 0 Å².